The Kier molecular flexibility index (Phi) is 4.66. The largest absolute Gasteiger partial charge is 0.380 e. The van der Waals surface area contributed by atoms with Gasteiger partial charge in [0.25, 0.3) is 0 Å². The highest BCUT2D eigenvalue weighted by molar-refractivity contribution is 6.28. The highest BCUT2D eigenvalue weighted by atomic mass is 35.5. The summed E-state index contributed by atoms with van der Waals surface area (Å²) >= 11 is 5.78. The van der Waals surface area contributed by atoms with Crippen molar-refractivity contribution in [2.45, 2.75) is 13.5 Å². The zero-order valence-electron chi connectivity index (χ0n) is 11.5. The second kappa shape index (κ2) is 6.47. The molecule has 0 aliphatic heterocycles. The first-order valence-corrected chi connectivity index (χ1v) is 6.43. The van der Waals surface area contributed by atoms with E-state index in [9.17, 15) is 10.1 Å². The average molecular weight is 309 g/mol. The summed E-state index contributed by atoms with van der Waals surface area (Å²) in [6, 6.07) is 7.30. The Morgan fingerprint density at radius 2 is 2.10 bits per heavy atom. The first-order chi connectivity index (χ1) is 10.0. The summed E-state index contributed by atoms with van der Waals surface area (Å²) in [5.74, 6) is 0.0565. The normalized spacial score (nSPS) is 10.4. The molecule has 0 spiro atoms. The number of benzene rings is 1. The van der Waals surface area contributed by atoms with Crippen LogP contribution in [-0.4, -0.2) is 22.0 Å². The molecule has 1 heterocycles. The van der Waals surface area contributed by atoms with Gasteiger partial charge in [0, 0.05) is 18.4 Å². The number of hydrogen-bond donors (Lipinski definition) is 1. The Morgan fingerprint density at radius 1 is 1.38 bits per heavy atom. The lowest BCUT2D eigenvalue weighted by atomic mass is 10.2. The van der Waals surface area contributed by atoms with Gasteiger partial charge in [0.1, 0.15) is 5.69 Å². The molecule has 1 aromatic heterocycles. The van der Waals surface area contributed by atoms with E-state index in [1.807, 2.05) is 18.2 Å². The molecule has 0 aliphatic carbocycles. The predicted molar refractivity (Wildman–Crippen MR) is 78.9 cm³/mol. The summed E-state index contributed by atoms with van der Waals surface area (Å²) < 4.78 is 5.10. The number of para-hydroxylation sites is 1. The topological polar surface area (TPSA) is 90.2 Å². The van der Waals surface area contributed by atoms with Crippen LogP contribution in [0.15, 0.2) is 24.3 Å². The van der Waals surface area contributed by atoms with E-state index in [-0.39, 0.29) is 22.5 Å². The zero-order valence-corrected chi connectivity index (χ0v) is 12.2. The molecule has 21 heavy (non-hydrogen) atoms. The number of nitro groups is 1. The van der Waals surface area contributed by atoms with Crippen LogP contribution < -0.4 is 5.32 Å². The molecule has 2 rings (SSSR count). The highest BCUT2D eigenvalue weighted by Crippen LogP contribution is 2.30. The minimum absolute atomic E-state index is 0.0511. The van der Waals surface area contributed by atoms with Gasteiger partial charge < -0.3 is 10.1 Å². The number of methoxy groups -OCH3 is 1. The monoisotopic (exact) mass is 308 g/mol. The van der Waals surface area contributed by atoms with E-state index < -0.39 is 4.92 Å². The molecule has 0 bridgehead atoms. The first kappa shape index (κ1) is 15.1. The molecule has 1 aromatic carbocycles. The quantitative estimate of drug-likeness (QED) is 0.518. The van der Waals surface area contributed by atoms with Gasteiger partial charge in [0.15, 0.2) is 0 Å². The van der Waals surface area contributed by atoms with Gasteiger partial charge in [0.2, 0.25) is 11.1 Å². The van der Waals surface area contributed by atoms with Crippen LogP contribution in [0, 0.1) is 17.0 Å². The maximum atomic E-state index is 11.2. The SMILES string of the molecule is COCc1ccccc1Nc1nc(Cl)nc(C)c1[N+](=O)[O-]. The minimum atomic E-state index is -0.535. The Morgan fingerprint density at radius 3 is 2.76 bits per heavy atom. The first-order valence-electron chi connectivity index (χ1n) is 6.05. The summed E-state index contributed by atoms with van der Waals surface area (Å²) in [5.41, 5.74) is 1.51. The fraction of sp³-hybridized carbons (Fsp3) is 0.231. The van der Waals surface area contributed by atoms with Crippen LogP contribution in [0.3, 0.4) is 0 Å². The molecule has 0 atom stereocenters. The minimum Gasteiger partial charge on any atom is -0.380 e. The van der Waals surface area contributed by atoms with Gasteiger partial charge in [-0.1, -0.05) is 18.2 Å². The number of aromatic nitrogens is 2. The van der Waals surface area contributed by atoms with Gasteiger partial charge in [-0.15, -0.1) is 0 Å². The van der Waals surface area contributed by atoms with E-state index in [2.05, 4.69) is 15.3 Å². The van der Waals surface area contributed by atoms with Crippen molar-refractivity contribution in [3.05, 3.63) is 50.9 Å². The number of rotatable bonds is 5. The molecular formula is C13H13ClN4O3. The van der Waals surface area contributed by atoms with E-state index in [0.29, 0.717) is 12.3 Å². The third-order valence-corrected chi connectivity index (χ3v) is 2.95. The van der Waals surface area contributed by atoms with E-state index in [1.54, 1.807) is 13.2 Å². The molecule has 110 valence electrons. The van der Waals surface area contributed by atoms with Crippen LogP contribution in [0.2, 0.25) is 5.28 Å². The van der Waals surface area contributed by atoms with Gasteiger partial charge in [0.05, 0.1) is 11.5 Å². The molecule has 0 saturated heterocycles. The number of ether oxygens (including phenoxy) is 1. The van der Waals surface area contributed by atoms with Gasteiger partial charge in [-0.05, 0) is 24.6 Å². The maximum Gasteiger partial charge on any atom is 0.332 e. The second-order valence-corrected chi connectivity index (χ2v) is 4.59. The van der Waals surface area contributed by atoms with Gasteiger partial charge in [-0.2, -0.15) is 4.98 Å². The molecular weight excluding hydrogens is 296 g/mol. The van der Waals surface area contributed by atoms with Crippen molar-refractivity contribution in [3.63, 3.8) is 0 Å². The zero-order chi connectivity index (χ0) is 15.4. The van der Waals surface area contributed by atoms with Gasteiger partial charge in [-0.25, -0.2) is 4.98 Å². The van der Waals surface area contributed by atoms with Crippen LogP contribution in [0.5, 0.6) is 0 Å². The number of halogens is 1. The van der Waals surface area contributed by atoms with E-state index in [4.69, 9.17) is 16.3 Å². The number of aryl methyl sites for hydroxylation is 1. The highest BCUT2D eigenvalue weighted by Gasteiger charge is 2.22. The molecule has 2 aromatic rings. The van der Waals surface area contributed by atoms with Crippen molar-refractivity contribution < 1.29 is 9.66 Å². The lowest BCUT2D eigenvalue weighted by Gasteiger charge is -2.11. The van der Waals surface area contributed by atoms with Crippen molar-refractivity contribution in [2.75, 3.05) is 12.4 Å². The second-order valence-electron chi connectivity index (χ2n) is 4.25. The third-order valence-electron chi connectivity index (χ3n) is 2.78. The Hall–Kier alpha value is -2.25. The van der Waals surface area contributed by atoms with Crippen LogP contribution in [0.1, 0.15) is 11.3 Å². The van der Waals surface area contributed by atoms with Crippen molar-refractivity contribution in [1.29, 1.82) is 0 Å². The van der Waals surface area contributed by atoms with Crippen LogP contribution >= 0.6 is 11.6 Å². The van der Waals surface area contributed by atoms with Crippen molar-refractivity contribution >= 4 is 28.8 Å². The van der Waals surface area contributed by atoms with Crippen LogP contribution in [0.4, 0.5) is 17.2 Å². The lowest BCUT2D eigenvalue weighted by Crippen LogP contribution is -2.05. The molecule has 1 N–H and O–H groups in total. The smallest absolute Gasteiger partial charge is 0.332 e. The molecule has 0 radical (unpaired) electrons. The molecule has 8 heteroatoms. The number of hydrogen-bond acceptors (Lipinski definition) is 6. The summed E-state index contributed by atoms with van der Waals surface area (Å²) in [7, 11) is 1.57. The number of nitrogens with zero attached hydrogens (tertiary/aromatic N) is 3. The lowest BCUT2D eigenvalue weighted by molar-refractivity contribution is -0.385. The van der Waals surface area contributed by atoms with Crippen LogP contribution in [-0.2, 0) is 11.3 Å². The van der Waals surface area contributed by atoms with Crippen LogP contribution in [0.25, 0.3) is 0 Å². The molecule has 7 nitrogen and oxygen atoms in total. The molecule has 0 aliphatic rings. The van der Waals surface area contributed by atoms with E-state index in [1.165, 1.54) is 6.92 Å². The average Bonchev–Trinajstić information content (AvgIpc) is 2.40. The Balaban J connectivity index is 2.47. The van der Waals surface area contributed by atoms with Gasteiger partial charge in [-0.3, -0.25) is 10.1 Å². The third kappa shape index (κ3) is 3.45. The van der Waals surface area contributed by atoms with E-state index in [0.717, 1.165) is 5.56 Å². The van der Waals surface area contributed by atoms with Crippen molar-refractivity contribution in [3.8, 4) is 0 Å². The predicted octanol–water partition coefficient (Wildman–Crippen LogP) is 3.24. The molecule has 0 fully saturated rings. The standard InChI is InChI=1S/C13H13ClN4O3/c1-8-11(18(19)20)12(17-13(14)15-8)16-10-6-4-3-5-9(10)7-21-2/h3-6H,7H2,1-2H3,(H,15,16,17). The van der Waals surface area contributed by atoms with E-state index >= 15 is 0 Å². The van der Waals surface area contributed by atoms with Crippen molar-refractivity contribution in [1.82, 2.24) is 9.97 Å². The molecule has 0 unspecified atom stereocenters. The summed E-state index contributed by atoms with van der Waals surface area (Å²) in [6.45, 7) is 1.88. The molecule has 0 amide bonds. The summed E-state index contributed by atoms with van der Waals surface area (Å²) in [5, 5.41) is 14.1. The molecule has 0 saturated carbocycles. The fourth-order valence-electron chi connectivity index (χ4n) is 1.89. The summed E-state index contributed by atoms with van der Waals surface area (Å²) in [6.07, 6.45) is 0. The van der Waals surface area contributed by atoms with Gasteiger partial charge >= 0.3 is 5.69 Å². The van der Waals surface area contributed by atoms with Crippen molar-refractivity contribution in [2.24, 2.45) is 0 Å². The Labute approximate surface area is 126 Å². The Bertz CT molecular complexity index is 678. The summed E-state index contributed by atoms with van der Waals surface area (Å²) in [4.78, 5) is 18.4. The number of nitrogens with one attached hydrogen (secondary N) is 1. The fourth-order valence-corrected chi connectivity index (χ4v) is 2.10. The maximum absolute atomic E-state index is 11.2. The number of anilines is 2.